The molecule has 1 heterocycles. The molecule has 1 aromatic carbocycles. The molecule has 2 aromatic rings. The van der Waals surface area contributed by atoms with Crippen molar-refractivity contribution >= 4 is 35.6 Å². The molecule has 186 valence electrons. The highest BCUT2D eigenvalue weighted by Gasteiger charge is 2.25. The van der Waals surface area contributed by atoms with Crippen LogP contribution in [0.5, 0.6) is 0 Å². The number of benzene rings is 1. The fourth-order valence-electron chi connectivity index (χ4n) is 3.70. The van der Waals surface area contributed by atoms with E-state index in [9.17, 15) is 5.11 Å². The maximum atomic E-state index is 9.54. The average Bonchev–Trinajstić information content (AvgIpc) is 3.14. The van der Waals surface area contributed by atoms with Crippen molar-refractivity contribution in [3.05, 3.63) is 42.0 Å². The van der Waals surface area contributed by atoms with Crippen molar-refractivity contribution in [3.8, 4) is 0 Å². The minimum atomic E-state index is 0. The van der Waals surface area contributed by atoms with Gasteiger partial charge in [0.25, 0.3) is 0 Å². The molecular weight excluding hydrogens is 529 g/mol. The van der Waals surface area contributed by atoms with E-state index in [1.807, 2.05) is 24.6 Å². The van der Waals surface area contributed by atoms with Crippen molar-refractivity contribution in [3.63, 3.8) is 0 Å². The van der Waals surface area contributed by atoms with Gasteiger partial charge in [-0.25, -0.2) is 4.99 Å². The second-order valence-corrected chi connectivity index (χ2v) is 8.46. The van der Waals surface area contributed by atoms with Crippen molar-refractivity contribution < 1.29 is 5.11 Å². The van der Waals surface area contributed by atoms with E-state index in [0.717, 1.165) is 62.9 Å². The molecule has 0 radical (unpaired) electrons. The van der Waals surface area contributed by atoms with Crippen LogP contribution in [0.4, 0.5) is 5.69 Å². The number of hydrogen-bond donors (Lipinski definition) is 3. The van der Waals surface area contributed by atoms with Gasteiger partial charge in [0.1, 0.15) is 12.4 Å². The van der Waals surface area contributed by atoms with Gasteiger partial charge in [-0.2, -0.15) is 0 Å². The molecule has 3 N–H and O–H groups in total. The van der Waals surface area contributed by atoms with E-state index in [0.29, 0.717) is 6.54 Å². The molecule has 0 saturated carbocycles. The Morgan fingerprint density at radius 1 is 1.15 bits per heavy atom. The van der Waals surface area contributed by atoms with Crippen LogP contribution >= 0.6 is 24.0 Å². The second-order valence-electron chi connectivity index (χ2n) is 8.46. The van der Waals surface area contributed by atoms with Crippen LogP contribution in [0.1, 0.15) is 51.2 Å². The van der Waals surface area contributed by atoms with Gasteiger partial charge in [-0.05, 0) is 50.2 Å². The zero-order chi connectivity index (χ0) is 23.4. The maximum Gasteiger partial charge on any atom is 0.191 e. The van der Waals surface area contributed by atoms with E-state index < -0.39 is 0 Å². The van der Waals surface area contributed by atoms with Gasteiger partial charge in [-0.15, -0.1) is 34.2 Å². The third kappa shape index (κ3) is 9.11. The molecule has 9 heteroatoms. The molecule has 8 nitrogen and oxygen atoms in total. The van der Waals surface area contributed by atoms with Gasteiger partial charge in [-0.3, -0.25) is 0 Å². The molecule has 0 aliphatic heterocycles. The Kier molecular flexibility index (Phi) is 13.3. The SMILES string of the molecule is CCC(CC)(CCO)CNC(=NCc1nnc(C)n1C)NCCCN(C)c1ccccc1.I. The average molecular weight is 572 g/mol. The van der Waals surface area contributed by atoms with Crippen LogP contribution < -0.4 is 15.5 Å². The van der Waals surface area contributed by atoms with Crippen LogP contribution in [-0.2, 0) is 13.6 Å². The highest BCUT2D eigenvalue weighted by Crippen LogP contribution is 2.29. The highest BCUT2D eigenvalue weighted by molar-refractivity contribution is 14.0. The summed E-state index contributed by atoms with van der Waals surface area (Å²) in [5.41, 5.74) is 1.28. The molecule has 0 atom stereocenters. The smallest absolute Gasteiger partial charge is 0.191 e. The van der Waals surface area contributed by atoms with Gasteiger partial charge < -0.3 is 25.2 Å². The zero-order valence-electron chi connectivity index (χ0n) is 20.8. The number of halogens is 1. The highest BCUT2D eigenvalue weighted by atomic mass is 127. The molecule has 0 spiro atoms. The number of para-hydroxylation sites is 1. The number of hydrogen-bond acceptors (Lipinski definition) is 5. The summed E-state index contributed by atoms with van der Waals surface area (Å²) in [6.07, 6.45) is 3.78. The van der Waals surface area contributed by atoms with E-state index in [2.05, 4.69) is 70.9 Å². The lowest BCUT2D eigenvalue weighted by Crippen LogP contribution is -2.44. The van der Waals surface area contributed by atoms with Gasteiger partial charge in [-0.1, -0.05) is 32.0 Å². The van der Waals surface area contributed by atoms with Gasteiger partial charge >= 0.3 is 0 Å². The summed E-state index contributed by atoms with van der Waals surface area (Å²) in [4.78, 5) is 7.03. The number of anilines is 1. The summed E-state index contributed by atoms with van der Waals surface area (Å²) in [5, 5.41) is 24.9. The van der Waals surface area contributed by atoms with Gasteiger partial charge in [0.05, 0.1) is 0 Å². The van der Waals surface area contributed by atoms with E-state index in [1.165, 1.54) is 5.69 Å². The normalized spacial score (nSPS) is 11.8. The van der Waals surface area contributed by atoms with Crippen molar-refractivity contribution in [1.82, 2.24) is 25.4 Å². The molecule has 0 aliphatic rings. The van der Waals surface area contributed by atoms with E-state index in [1.54, 1.807) is 0 Å². The lowest BCUT2D eigenvalue weighted by atomic mass is 9.79. The monoisotopic (exact) mass is 571 g/mol. The van der Waals surface area contributed by atoms with Gasteiger partial charge in [0, 0.05) is 46.0 Å². The Morgan fingerprint density at radius 2 is 1.85 bits per heavy atom. The molecule has 0 amide bonds. The number of aryl methyl sites for hydroxylation is 1. The topological polar surface area (TPSA) is 90.6 Å². The Labute approximate surface area is 216 Å². The van der Waals surface area contributed by atoms with Crippen molar-refractivity contribution in [2.45, 2.75) is 53.0 Å². The van der Waals surface area contributed by atoms with E-state index in [-0.39, 0.29) is 36.0 Å². The first-order chi connectivity index (χ1) is 15.4. The predicted octanol–water partition coefficient (Wildman–Crippen LogP) is 3.49. The summed E-state index contributed by atoms with van der Waals surface area (Å²) >= 11 is 0. The number of aliphatic imine (C=N–C) groups is 1. The first-order valence-corrected chi connectivity index (χ1v) is 11.7. The third-order valence-electron chi connectivity index (χ3n) is 6.49. The van der Waals surface area contributed by atoms with Crippen LogP contribution in [0, 0.1) is 12.3 Å². The molecule has 0 unspecified atom stereocenters. The quantitative estimate of drug-likeness (QED) is 0.148. The zero-order valence-corrected chi connectivity index (χ0v) is 23.2. The molecule has 0 fully saturated rings. The summed E-state index contributed by atoms with van der Waals surface area (Å²) < 4.78 is 1.96. The number of aliphatic hydroxyl groups excluding tert-OH is 1. The predicted molar refractivity (Wildman–Crippen MR) is 147 cm³/mol. The molecule has 33 heavy (non-hydrogen) atoms. The van der Waals surface area contributed by atoms with E-state index in [4.69, 9.17) is 4.99 Å². The Hall–Kier alpha value is -1.88. The van der Waals surface area contributed by atoms with Gasteiger partial charge in [0.2, 0.25) is 0 Å². The summed E-state index contributed by atoms with van der Waals surface area (Å²) in [6, 6.07) is 10.4. The number of aliphatic hydroxyl groups is 1. The molecule has 0 saturated heterocycles. The Balaban J connectivity index is 0.00000544. The lowest BCUT2D eigenvalue weighted by Gasteiger charge is -2.32. The maximum absolute atomic E-state index is 9.54. The molecular formula is C24H42IN7O. The van der Waals surface area contributed by atoms with Crippen LogP contribution in [0.25, 0.3) is 0 Å². The summed E-state index contributed by atoms with van der Waals surface area (Å²) in [7, 11) is 4.07. The Morgan fingerprint density at radius 3 is 2.42 bits per heavy atom. The fraction of sp³-hybridized carbons (Fsp3) is 0.625. The fourth-order valence-corrected chi connectivity index (χ4v) is 3.70. The number of nitrogens with one attached hydrogen (secondary N) is 2. The first-order valence-electron chi connectivity index (χ1n) is 11.7. The lowest BCUT2D eigenvalue weighted by molar-refractivity contribution is 0.169. The van der Waals surface area contributed by atoms with Crippen LogP contribution in [0.2, 0.25) is 0 Å². The number of rotatable bonds is 13. The number of nitrogens with zero attached hydrogens (tertiary/aromatic N) is 5. The standard InChI is InChI=1S/C24H41N7O.HI/c1-6-24(7-2,14-17-32)19-27-23(26-18-22-29-28-20(3)31(22)5)25-15-11-16-30(4)21-12-9-8-10-13-21;/h8-10,12-13,32H,6-7,11,14-19H2,1-5H3,(H2,25,26,27);1H. The third-order valence-corrected chi connectivity index (χ3v) is 6.49. The van der Waals surface area contributed by atoms with Crippen LogP contribution in [0.3, 0.4) is 0 Å². The van der Waals surface area contributed by atoms with Crippen LogP contribution in [-0.4, -0.2) is 59.1 Å². The molecule has 1 aromatic heterocycles. The molecule has 2 rings (SSSR count). The van der Waals surface area contributed by atoms with Crippen molar-refractivity contribution in [2.75, 3.05) is 38.2 Å². The van der Waals surface area contributed by atoms with Gasteiger partial charge in [0.15, 0.2) is 11.8 Å². The van der Waals surface area contributed by atoms with Crippen molar-refractivity contribution in [2.24, 2.45) is 17.5 Å². The van der Waals surface area contributed by atoms with Crippen molar-refractivity contribution in [1.29, 1.82) is 0 Å². The largest absolute Gasteiger partial charge is 0.396 e. The summed E-state index contributed by atoms with van der Waals surface area (Å²) in [6.45, 7) is 9.51. The minimum Gasteiger partial charge on any atom is -0.396 e. The first kappa shape index (κ1) is 29.2. The number of aromatic nitrogens is 3. The minimum absolute atomic E-state index is 0. The molecule has 0 aliphatic carbocycles. The number of guanidine groups is 1. The van der Waals surface area contributed by atoms with E-state index >= 15 is 0 Å². The summed E-state index contributed by atoms with van der Waals surface area (Å²) in [5.74, 6) is 2.48. The van der Waals surface area contributed by atoms with Crippen LogP contribution in [0.15, 0.2) is 35.3 Å². The Bertz CT molecular complexity index is 821. The molecule has 0 bridgehead atoms. The second kappa shape index (κ2) is 15.1.